The molecule has 1 heterocycles. The standard InChI is InChI=1S/C13H8BrClN2O4S2/c14-9-3-8(6-16)4-10(5-9)23(19,20)17-12(18)7-21-11-1-2-22-13(11)15/h1-5H,7H2,(H,17,18). The second-order valence-electron chi connectivity index (χ2n) is 4.16. The minimum Gasteiger partial charge on any atom is -0.481 e. The van der Waals surface area contributed by atoms with Gasteiger partial charge in [-0.3, -0.25) is 4.79 Å². The highest BCUT2D eigenvalue weighted by Crippen LogP contribution is 2.29. The van der Waals surface area contributed by atoms with Crippen LogP contribution in [0.25, 0.3) is 0 Å². The number of hydrogen-bond acceptors (Lipinski definition) is 6. The van der Waals surface area contributed by atoms with Crippen LogP contribution < -0.4 is 9.46 Å². The van der Waals surface area contributed by atoms with Gasteiger partial charge in [-0.25, -0.2) is 13.1 Å². The summed E-state index contributed by atoms with van der Waals surface area (Å²) in [4.78, 5) is 11.5. The molecule has 1 amide bonds. The number of carbonyl (C=O) groups excluding carboxylic acids is 1. The van der Waals surface area contributed by atoms with Gasteiger partial charge in [0.05, 0.1) is 16.5 Å². The summed E-state index contributed by atoms with van der Waals surface area (Å²) in [6, 6.07) is 7.32. The van der Waals surface area contributed by atoms with Crippen LogP contribution in [-0.2, 0) is 14.8 Å². The predicted molar refractivity (Wildman–Crippen MR) is 89.0 cm³/mol. The van der Waals surface area contributed by atoms with Gasteiger partial charge in [0.1, 0.15) is 10.1 Å². The van der Waals surface area contributed by atoms with Crippen molar-refractivity contribution in [2.45, 2.75) is 4.90 Å². The lowest BCUT2D eigenvalue weighted by Gasteiger charge is -2.08. The Morgan fingerprint density at radius 3 is 2.78 bits per heavy atom. The molecule has 6 nitrogen and oxygen atoms in total. The van der Waals surface area contributed by atoms with Gasteiger partial charge in [-0.15, -0.1) is 11.3 Å². The first kappa shape index (κ1) is 17.7. The van der Waals surface area contributed by atoms with E-state index >= 15 is 0 Å². The maximum Gasteiger partial charge on any atom is 0.271 e. The van der Waals surface area contributed by atoms with Gasteiger partial charge in [0, 0.05) is 4.47 Å². The zero-order valence-corrected chi connectivity index (χ0v) is 15.2. The average Bonchev–Trinajstić information content (AvgIpc) is 2.89. The minimum atomic E-state index is -4.11. The van der Waals surface area contributed by atoms with Crippen molar-refractivity contribution < 1.29 is 17.9 Å². The van der Waals surface area contributed by atoms with Gasteiger partial charge in [0.25, 0.3) is 15.9 Å². The molecule has 1 aromatic carbocycles. The van der Waals surface area contributed by atoms with Crippen LogP contribution in [0.1, 0.15) is 5.56 Å². The second-order valence-corrected chi connectivity index (χ2v) is 8.28. The molecule has 0 fully saturated rings. The smallest absolute Gasteiger partial charge is 0.271 e. The Morgan fingerprint density at radius 1 is 1.43 bits per heavy atom. The summed E-state index contributed by atoms with van der Waals surface area (Å²) in [6.45, 7) is -0.505. The quantitative estimate of drug-likeness (QED) is 0.779. The number of ether oxygens (including phenoxy) is 1. The number of thiophene rings is 1. The molecule has 2 aromatic rings. The number of hydrogen-bond donors (Lipinski definition) is 1. The van der Waals surface area contributed by atoms with Gasteiger partial charge in [0.15, 0.2) is 6.61 Å². The third-order valence-electron chi connectivity index (χ3n) is 2.50. The van der Waals surface area contributed by atoms with E-state index in [2.05, 4.69) is 15.9 Å². The Kier molecular flexibility index (Phi) is 5.64. The van der Waals surface area contributed by atoms with Crippen LogP contribution in [0.5, 0.6) is 5.75 Å². The maximum absolute atomic E-state index is 12.1. The van der Waals surface area contributed by atoms with E-state index in [1.807, 2.05) is 10.8 Å². The van der Waals surface area contributed by atoms with Crippen LogP contribution in [0.4, 0.5) is 0 Å². The van der Waals surface area contributed by atoms with Gasteiger partial charge in [-0.1, -0.05) is 27.5 Å². The summed E-state index contributed by atoms with van der Waals surface area (Å²) in [6.07, 6.45) is 0. The number of amides is 1. The Hall–Kier alpha value is -1.60. The number of nitrogens with one attached hydrogen (secondary N) is 1. The molecule has 10 heteroatoms. The summed E-state index contributed by atoms with van der Waals surface area (Å²) in [7, 11) is -4.11. The van der Waals surface area contributed by atoms with Crippen LogP contribution in [0.3, 0.4) is 0 Å². The Balaban J connectivity index is 2.09. The van der Waals surface area contributed by atoms with Crippen LogP contribution in [0, 0.1) is 11.3 Å². The number of carbonyl (C=O) groups is 1. The lowest BCUT2D eigenvalue weighted by molar-refractivity contribution is -0.121. The molecule has 23 heavy (non-hydrogen) atoms. The van der Waals surface area contributed by atoms with Gasteiger partial charge in [0.2, 0.25) is 0 Å². The van der Waals surface area contributed by atoms with Crippen LogP contribution in [-0.4, -0.2) is 20.9 Å². The van der Waals surface area contributed by atoms with E-state index < -0.39 is 22.5 Å². The van der Waals surface area contributed by atoms with Crippen molar-refractivity contribution in [3.05, 3.63) is 44.0 Å². The fraction of sp³-hybridized carbons (Fsp3) is 0.0769. The Bertz CT molecular complexity index is 890. The van der Waals surface area contributed by atoms with Crippen molar-refractivity contribution in [3.8, 4) is 11.8 Å². The summed E-state index contributed by atoms with van der Waals surface area (Å²) in [5, 5.41) is 10.5. The van der Waals surface area contributed by atoms with Crippen molar-refractivity contribution >= 4 is 54.8 Å². The molecule has 0 spiro atoms. The van der Waals surface area contributed by atoms with Gasteiger partial charge in [-0.2, -0.15) is 5.26 Å². The van der Waals surface area contributed by atoms with Crippen LogP contribution in [0.15, 0.2) is 39.0 Å². The third kappa shape index (κ3) is 4.68. The molecule has 0 aliphatic rings. The topological polar surface area (TPSA) is 96.3 Å². The van der Waals surface area contributed by atoms with E-state index in [1.165, 1.54) is 23.5 Å². The molecule has 0 aliphatic carbocycles. The summed E-state index contributed by atoms with van der Waals surface area (Å²) in [5.74, 6) is -0.552. The average molecular weight is 436 g/mol. The third-order valence-corrected chi connectivity index (χ3v) is 5.45. The SMILES string of the molecule is N#Cc1cc(Br)cc(S(=O)(=O)NC(=O)COc2ccsc2Cl)c1. The molecule has 0 atom stereocenters. The second kappa shape index (κ2) is 7.31. The molecule has 120 valence electrons. The molecule has 0 radical (unpaired) electrons. The first-order valence-electron chi connectivity index (χ1n) is 5.94. The number of rotatable bonds is 5. The molecule has 1 N–H and O–H groups in total. The van der Waals surface area contributed by atoms with E-state index in [4.69, 9.17) is 21.6 Å². The number of halogens is 2. The number of sulfonamides is 1. The summed E-state index contributed by atoms with van der Waals surface area (Å²) >= 11 is 10.1. The molecule has 2 rings (SSSR count). The number of nitriles is 1. The van der Waals surface area contributed by atoms with E-state index in [-0.39, 0.29) is 10.5 Å². The molecular formula is C13H8BrClN2O4S2. The van der Waals surface area contributed by atoms with E-state index in [1.54, 1.807) is 11.4 Å². The first-order chi connectivity index (χ1) is 10.8. The van der Waals surface area contributed by atoms with E-state index in [0.29, 0.717) is 14.6 Å². The Labute approximate surface area is 149 Å². The normalized spacial score (nSPS) is 10.8. The van der Waals surface area contributed by atoms with Crippen molar-refractivity contribution in [1.29, 1.82) is 5.26 Å². The highest BCUT2D eigenvalue weighted by Gasteiger charge is 2.19. The first-order valence-corrected chi connectivity index (χ1v) is 9.47. The van der Waals surface area contributed by atoms with Crippen molar-refractivity contribution in [3.63, 3.8) is 0 Å². The molecule has 0 saturated carbocycles. The van der Waals surface area contributed by atoms with Gasteiger partial charge in [-0.05, 0) is 29.6 Å². The maximum atomic E-state index is 12.1. The number of benzene rings is 1. The molecule has 1 aromatic heterocycles. The summed E-state index contributed by atoms with van der Waals surface area (Å²) < 4.78 is 32.1. The highest BCUT2D eigenvalue weighted by atomic mass is 79.9. The molecule has 0 unspecified atom stereocenters. The molecule has 0 saturated heterocycles. The van der Waals surface area contributed by atoms with Crippen molar-refractivity contribution in [2.24, 2.45) is 0 Å². The van der Waals surface area contributed by atoms with Gasteiger partial charge < -0.3 is 4.74 Å². The largest absolute Gasteiger partial charge is 0.481 e. The van der Waals surface area contributed by atoms with E-state index in [9.17, 15) is 13.2 Å². The molecule has 0 bridgehead atoms. The van der Waals surface area contributed by atoms with Crippen LogP contribution in [0.2, 0.25) is 4.34 Å². The van der Waals surface area contributed by atoms with Crippen molar-refractivity contribution in [2.75, 3.05) is 6.61 Å². The number of nitrogens with zero attached hydrogens (tertiary/aromatic N) is 1. The van der Waals surface area contributed by atoms with E-state index in [0.717, 1.165) is 6.07 Å². The molecular weight excluding hydrogens is 428 g/mol. The fourth-order valence-electron chi connectivity index (χ4n) is 1.55. The summed E-state index contributed by atoms with van der Waals surface area (Å²) in [5.41, 5.74) is 0.147. The Morgan fingerprint density at radius 2 is 2.17 bits per heavy atom. The zero-order chi connectivity index (χ0) is 17.0. The molecule has 0 aliphatic heterocycles. The highest BCUT2D eigenvalue weighted by molar-refractivity contribution is 9.10. The minimum absolute atomic E-state index is 0.147. The fourth-order valence-corrected chi connectivity index (χ4v) is 4.06. The van der Waals surface area contributed by atoms with Crippen molar-refractivity contribution in [1.82, 2.24) is 4.72 Å². The monoisotopic (exact) mass is 434 g/mol. The predicted octanol–water partition coefficient (Wildman–Crippen LogP) is 2.92. The lowest BCUT2D eigenvalue weighted by atomic mass is 10.2. The lowest BCUT2D eigenvalue weighted by Crippen LogP contribution is -2.34. The van der Waals surface area contributed by atoms with Crippen LogP contribution >= 0.6 is 38.9 Å². The van der Waals surface area contributed by atoms with Gasteiger partial charge >= 0.3 is 0 Å². The zero-order valence-electron chi connectivity index (χ0n) is 11.2.